The average Bonchev–Trinajstić information content (AvgIpc) is 2.28. The lowest BCUT2D eigenvalue weighted by molar-refractivity contribution is -0.125. The second-order valence-electron chi connectivity index (χ2n) is 4.23. The predicted molar refractivity (Wildman–Crippen MR) is 70.5 cm³/mol. The van der Waals surface area contributed by atoms with Gasteiger partial charge in [0.1, 0.15) is 0 Å². The van der Waals surface area contributed by atoms with Crippen LogP contribution in [0.25, 0.3) is 0 Å². The molecule has 1 rings (SSSR count). The van der Waals surface area contributed by atoms with E-state index < -0.39 is 0 Å². The number of hydrogen-bond acceptors (Lipinski definition) is 3. The second kappa shape index (κ2) is 6.25. The topological polar surface area (TPSA) is 58.4 Å². The quantitative estimate of drug-likeness (QED) is 0.755. The molecule has 1 unspecified atom stereocenters. The van der Waals surface area contributed by atoms with Crippen molar-refractivity contribution < 1.29 is 4.79 Å². The Morgan fingerprint density at radius 3 is 2.82 bits per heavy atom. The van der Waals surface area contributed by atoms with Gasteiger partial charge in [-0.3, -0.25) is 9.69 Å². The van der Waals surface area contributed by atoms with Gasteiger partial charge in [0, 0.05) is 18.8 Å². The lowest BCUT2D eigenvalue weighted by Crippen LogP contribution is -2.42. The summed E-state index contributed by atoms with van der Waals surface area (Å²) in [5.74, 6) is 0.0545. The molecule has 1 atom stereocenters. The largest absolute Gasteiger partial charge is 0.399 e. The van der Waals surface area contributed by atoms with Crippen molar-refractivity contribution in [1.82, 2.24) is 10.2 Å². The number of carbonyl (C=O) groups excluding carboxylic acids is 1. The number of rotatable bonds is 5. The third-order valence-corrected chi connectivity index (χ3v) is 2.77. The minimum Gasteiger partial charge on any atom is -0.399 e. The minimum absolute atomic E-state index is 0.0545. The van der Waals surface area contributed by atoms with Crippen LogP contribution in [0.2, 0.25) is 0 Å². The second-order valence-corrected chi connectivity index (χ2v) is 4.23. The molecule has 0 radical (unpaired) electrons. The maximum absolute atomic E-state index is 11.7. The first-order valence-electron chi connectivity index (χ1n) is 5.87. The summed E-state index contributed by atoms with van der Waals surface area (Å²) in [5, 5.41) is 2.82. The molecule has 0 aliphatic carbocycles. The van der Waals surface area contributed by atoms with Gasteiger partial charge >= 0.3 is 0 Å². The standard InChI is InChI=1S/C13H21N3O/c1-4-15-13(17)10(2)16(3)9-11-6-5-7-12(14)8-11/h5-8,10H,4,9,14H2,1-3H3,(H,15,17). The maximum atomic E-state index is 11.7. The van der Waals surface area contributed by atoms with E-state index in [1.807, 2.05) is 50.1 Å². The third-order valence-electron chi connectivity index (χ3n) is 2.77. The Kier molecular flexibility index (Phi) is 4.97. The van der Waals surface area contributed by atoms with E-state index in [0.717, 1.165) is 11.3 Å². The van der Waals surface area contributed by atoms with Crippen LogP contribution in [0.5, 0.6) is 0 Å². The molecule has 3 N–H and O–H groups in total. The van der Waals surface area contributed by atoms with Crippen LogP contribution in [0.15, 0.2) is 24.3 Å². The molecule has 1 amide bonds. The number of nitrogens with one attached hydrogen (secondary N) is 1. The molecule has 1 aromatic rings. The zero-order chi connectivity index (χ0) is 12.8. The van der Waals surface area contributed by atoms with Gasteiger partial charge in [-0.1, -0.05) is 12.1 Å². The molecule has 0 aliphatic heterocycles. The fourth-order valence-electron chi connectivity index (χ4n) is 1.64. The summed E-state index contributed by atoms with van der Waals surface area (Å²) < 4.78 is 0. The third kappa shape index (κ3) is 4.07. The van der Waals surface area contributed by atoms with Gasteiger partial charge in [0.05, 0.1) is 6.04 Å². The summed E-state index contributed by atoms with van der Waals surface area (Å²) in [5.41, 5.74) is 7.59. The van der Waals surface area contributed by atoms with Crippen molar-refractivity contribution in [3.8, 4) is 0 Å². The Hall–Kier alpha value is -1.55. The van der Waals surface area contributed by atoms with E-state index in [-0.39, 0.29) is 11.9 Å². The molecule has 0 spiro atoms. The number of hydrogen-bond donors (Lipinski definition) is 2. The number of likely N-dealkylation sites (N-methyl/N-ethyl adjacent to an activating group) is 2. The van der Waals surface area contributed by atoms with Crippen molar-refractivity contribution in [2.45, 2.75) is 26.4 Å². The molecule has 0 bridgehead atoms. The van der Waals surface area contributed by atoms with Crippen LogP contribution in [0.4, 0.5) is 5.69 Å². The molecule has 0 saturated carbocycles. The van der Waals surface area contributed by atoms with Crippen molar-refractivity contribution >= 4 is 11.6 Å². The Labute approximate surface area is 103 Å². The van der Waals surface area contributed by atoms with E-state index >= 15 is 0 Å². The van der Waals surface area contributed by atoms with Crippen molar-refractivity contribution in [1.29, 1.82) is 0 Å². The summed E-state index contributed by atoms with van der Waals surface area (Å²) in [7, 11) is 1.93. The summed E-state index contributed by atoms with van der Waals surface area (Å²) >= 11 is 0. The highest BCUT2D eigenvalue weighted by molar-refractivity contribution is 5.81. The first-order chi connectivity index (χ1) is 8.04. The average molecular weight is 235 g/mol. The highest BCUT2D eigenvalue weighted by atomic mass is 16.2. The Morgan fingerprint density at radius 2 is 2.24 bits per heavy atom. The van der Waals surface area contributed by atoms with Crippen LogP contribution >= 0.6 is 0 Å². The molecule has 4 nitrogen and oxygen atoms in total. The van der Waals surface area contributed by atoms with Gasteiger partial charge in [0.25, 0.3) is 0 Å². The molecular weight excluding hydrogens is 214 g/mol. The fraction of sp³-hybridized carbons (Fsp3) is 0.462. The zero-order valence-electron chi connectivity index (χ0n) is 10.7. The lowest BCUT2D eigenvalue weighted by Gasteiger charge is -2.23. The summed E-state index contributed by atoms with van der Waals surface area (Å²) in [6, 6.07) is 7.58. The number of amides is 1. The highest BCUT2D eigenvalue weighted by Crippen LogP contribution is 2.10. The number of anilines is 1. The Balaban J connectivity index is 2.59. The molecular formula is C13H21N3O. The molecule has 0 fully saturated rings. The van der Waals surface area contributed by atoms with Gasteiger partial charge < -0.3 is 11.1 Å². The normalized spacial score (nSPS) is 12.5. The first-order valence-corrected chi connectivity index (χ1v) is 5.87. The van der Waals surface area contributed by atoms with Crippen molar-refractivity contribution in [2.24, 2.45) is 0 Å². The Morgan fingerprint density at radius 1 is 1.53 bits per heavy atom. The van der Waals surface area contributed by atoms with Crippen LogP contribution in [0.1, 0.15) is 19.4 Å². The van der Waals surface area contributed by atoms with Crippen LogP contribution in [0.3, 0.4) is 0 Å². The molecule has 1 aromatic carbocycles. The number of nitrogen functional groups attached to an aromatic ring is 1. The van der Waals surface area contributed by atoms with Crippen molar-refractivity contribution in [3.05, 3.63) is 29.8 Å². The lowest BCUT2D eigenvalue weighted by atomic mass is 10.1. The number of nitrogens with zero attached hydrogens (tertiary/aromatic N) is 1. The van der Waals surface area contributed by atoms with E-state index in [9.17, 15) is 4.79 Å². The van der Waals surface area contributed by atoms with Gasteiger partial charge in [-0.2, -0.15) is 0 Å². The van der Waals surface area contributed by atoms with Crippen LogP contribution in [-0.4, -0.2) is 30.4 Å². The van der Waals surface area contributed by atoms with Crippen LogP contribution in [-0.2, 0) is 11.3 Å². The van der Waals surface area contributed by atoms with E-state index in [1.165, 1.54) is 0 Å². The maximum Gasteiger partial charge on any atom is 0.237 e. The molecule has 4 heteroatoms. The Bertz CT molecular complexity index is 379. The molecule has 17 heavy (non-hydrogen) atoms. The van der Waals surface area contributed by atoms with Gasteiger partial charge in [-0.25, -0.2) is 0 Å². The minimum atomic E-state index is -0.142. The SMILES string of the molecule is CCNC(=O)C(C)N(C)Cc1cccc(N)c1. The molecule has 0 aromatic heterocycles. The van der Waals surface area contributed by atoms with E-state index in [2.05, 4.69) is 5.32 Å². The van der Waals surface area contributed by atoms with E-state index in [0.29, 0.717) is 13.1 Å². The highest BCUT2D eigenvalue weighted by Gasteiger charge is 2.16. The number of nitrogens with two attached hydrogens (primary N) is 1. The monoisotopic (exact) mass is 235 g/mol. The van der Waals surface area contributed by atoms with Crippen LogP contribution < -0.4 is 11.1 Å². The molecule has 0 saturated heterocycles. The molecule has 0 aliphatic rings. The van der Waals surface area contributed by atoms with Gasteiger partial charge in [0.15, 0.2) is 0 Å². The smallest absolute Gasteiger partial charge is 0.237 e. The zero-order valence-corrected chi connectivity index (χ0v) is 10.7. The van der Waals surface area contributed by atoms with Gasteiger partial charge in [-0.15, -0.1) is 0 Å². The van der Waals surface area contributed by atoms with E-state index in [1.54, 1.807) is 0 Å². The van der Waals surface area contributed by atoms with Gasteiger partial charge in [-0.05, 0) is 38.6 Å². The summed E-state index contributed by atoms with van der Waals surface area (Å²) in [6.45, 7) is 5.19. The van der Waals surface area contributed by atoms with Crippen LogP contribution in [0, 0.1) is 0 Å². The summed E-state index contributed by atoms with van der Waals surface area (Å²) in [6.07, 6.45) is 0. The fourth-order valence-corrected chi connectivity index (χ4v) is 1.64. The molecule has 94 valence electrons. The first kappa shape index (κ1) is 13.5. The number of benzene rings is 1. The molecule has 0 heterocycles. The van der Waals surface area contributed by atoms with E-state index in [4.69, 9.17) is 5.73 Å². The summed E-state index contributed by atoms with van der Waals surface area (Å²) in [4.78, 5) is 13.7. The van der Waals surface area contributed by atoms with Gasteiger partial charge in [0.2, 0.25) is 5.91 Å². The van der Waals surface area contributed by atoms with Crippen molar-refractivity contribution in [3.63, 3.8) is 0 Å². The predicted octanol–water partition coefficient (Wildman–Crippen LogP) is 1.23. The number of carbonyl (C=O) groups is 1. The van der Waals surface area contributed by atoms with Crippen molar-refractivity contribution in [2.75, 3.05) is 19.3 Å².